The van der Waals surface area contributed by atoms with Crippen LogP contribution in [0.1, 0.15) is 32.0 Å². The van der Waals surface area contributed by atoms with Crippen LogP contribution in [0, 0.1) is 26.2 Å². The van der Waals surface area contributed by atoms with Gasteiger partial charge in [-0.25, -0.2) is 14.3 Å². The number of aromatic nitrogens is 3. The number of anilines is 1. The number of imide groups is 1. The average Bonchev–Trinajstić information content (AvgIpc) is 2.97. The second kappa shape index (κ2) is 6.97. The van der Waals surface area contributed by atoms with Crippen molar-refractivity contribution in [3.05, 3.63) is 85.9 Å². The Kier molecular flexibility index (Phi) is 4.43. The molecule has 2 aromatic heterocycles. The number of carbonyl (C=O) groups is 2. The molecule has 0 bridgehead atoms. The van der Waals surface area contributed by atoms with Gasteiger partial charge in [-0.05, 0) is 37.6 Å². The van der Waals surface area contributed by atoms with Gasteiger partial charge in [0, 0.05) is 6.20 Å². The van der Waals surface area contributed by atoms with E-state index in [0.717, 1.165) is 15.0 Å². The number of pyridine rings is 1. The number of amides is 2. The zero-order chi connectivity index (χ0) is 21.6. The lowest BCUT2D eigenvalue weighted by atomic mass is 10.1. The van der Waals surface area contributed by atoms with Crippen molar-refractivity contribution < 1.29 is 9.59 Å². The quantitative estimate of drug-likeness (QED) is 0.490. The van der Waals surface area contributed by atoms with E-state index in [-0.39, 0.29) is 34.7 Å². The van der Waals surface area contributed by atoms with E-state index in [1.54, 1.807) is 31.3 Å². The van der Waals surface area contributed by atoms with E-state index in [2.05, 4.69) is 10.9 Å². The van der Waals surface area contributed by atoms with Crippen molar-refractivity contribution in [1.29, 1.82) is 0 Å². The zero-order valence-corrected chi connectivity index (χ0v) is 16.2. The van der Waals surface area contributed by atoms with Crippen molar-refractivity contribution in [2.24, 2.45) is 0 Å². The predicted octanol–water partition coefficient (Wildman–Crippen LogP) is 1.44. The molecule has 8 heteroatoms. The summed E-state index contributed by atoms with van der Waals surface area (Å²) in [6, 6.07) is 7.92. The summed E-state index contributed by atoms with van der Waals surface area (Å²) in [6.07, 6.45) is 8.36. The third-order valence-corrected chi connectivity index (χ3v) is 4.96. The van der Waals surface area contributed by atoms with Crippen molar-refractivity contribution in [3.63, 3.8) is 0 Å². The number of hydrogen-bond donors (Lipinski definition) is 0. The number of nitrogens with zero attached hydrogens (tertiary/aromatic N) is 4. The fraction of sp³-hybridized carbons (Fsp3) is 0.136. The van der Waals surface area contributed by atoms with Gasteiger partial charge in [0.1, 0.15) is 5.69 Å². The van der Waals surface area contributed by atoms with Crippen LogP contribution in [-0.4, -0.2) is 25.9 Å². The Labute approximate surface area is 171 Å². The first-order valence-corrected chi connectivity index (χ1v) is 9.06. The summed E-state index contributed by atoms with van der Waals surface area (Å²) in [5.41, 5.74) is -0.221. The van der Waals surface area contributed by atoms with Crippen LogP contribution in [0.25, 0.3) is 5.69 Å². The number of aryl methyl sites for hydroxylation is 1. The predicted molar refractivity (Wildman–Crippen MR) is 110 cm³/mol. The molecule has 148 valence electrons. The minimum absolute atomic E-state index is 0.134. The summed E-state index contributed by atoms with van der Waals surface area (Å²) in [7, 11) is 0. The molecular weight excluding hydrogens is 384 g/mol. The molecule has 0 N–H and O–H groups in total. The molecule has 0 aliphatic carbocycles. The van der Waals surface area contributed by atoms with E-state index in [4.69, 9.17) is 6.42 Å². The average molecular weight is 400 g/mol. The lowest BCUT2D eigenvalue weighted by Gasteiger charge is -2.20. The molecule has 0 radical (unpaired) electrons. The van der Waals surface area contributed by atoms with Gasteiger partial charge in [0.25, 0.3) is 17.4 Å². The standard InChI is InChI=1S/C22H16N4O4/c1-4-9-24-14(3)18(26-19(27)16-7-5-6-8-17(16)20(26)28)21(29)25(22(24)30)15-10-13(2)11-23-12-15/h1,5-8,10-12H,9H2,2-3H3. The first-order chi connectivity index (χ1) is 14.4. The van der Waals surface area contributed by atoms with Gasteiger partial charge in [-0.1, -0.05) is 18.1 Å². The number of benzene rings is 1. The van der Waals surface area contributed by atoms with Crippen LogP contribution in [0.5, 0.6) is 0 Å². The summed E-state index contributed by atoms with van der Waals surface area (Å²) in [5, 5.41) is 0. The highest BCUT2D eigenvalue weighted by Gasteiger charge is 2.39. The third-order valence-electron chi connectivity index (χ3n) is 4.96. The van der Waals surface area contributed by atoms with Crippen LogP contribution in [-0.2, 0) is 6.54 Å². The Morgan fingerprint density at radius 2 is 1.63 bits per heavy atom. The fourth-order valence-electron chi connectivity index (χ4n) is 3.56. The molecule has 3 heterocycles. The molecule has 3 aromatic rings. The molecule has 4 rings (SSSR count). The molecule has 0 fully saturated rings. The maximum Gasteiger partial charge on any atom is 0.336 e. The molecular formula is C22H16N4O4. The van der Waals surface area contributed by atoms with Gasteiger partial charge in [-0.2, -0.15) is 0 Å². The Balaban J connectivity index is 2.06. The topological polar surface area (TPSA) is 94.3 Å². The highest BCUT2D eigenvalue weighted by molar-refractivity contribution is 6.34. The van der Waals surface area contributed by atoms with Gasteiger partial charge < -0.3 is 0 Å². The number of rotatable bonds is 3. The Bertz CT molecular complexity index is 1360. The van der Waals surface area contributed by atoms with Crippen molar-refractivity contribution >= 4 is 17.5 Å². The Morgan fingerprint density at radius 3 is 2.20 bits per heavy atom. The molecule has 2 amide bonds. The van der Waals surface area contributed by atoms with Gasteiger partial charge in [0.15, 0.2) is 0 Å². The SMILES string of the molecule is C#CCn1c(C)c(N2C(=O)c3ccccc3C2=O)c(=O)n(-c2cncc(C)c2)c1=O. The normalized spacial score (nSPS) is 12.8. The Hall–Kier alpha value is -4.25. The summed E-state index contributed by atoms with van der Waals surface area (Å²) < 4.78 is 2.06. The third kappa shape index (κ3) is 2.68. The summed E-state index contributed by atoms with van der Waals surface area (Å²) in [5.74, 6) is 1.12. The van der Waals surface area contributed by atoms with Crippen molar-refractivity contribution in [2.45, 2.75) is 20.4 Å². The smallest absolute Gasteiger partial charge is 0.284 e. The number of carbonyl (C=O) groups excluding carboxylic acids is 2. The van der Waals surface area contributed by atoms with Crippen LogP contribution < -0.4 is 16.1 Å². The number of terminal acetylenes is 1. The fourth-order valence-corrected chi connectivity index (χ4v) is 3.56. The Morgan fingerprint density at radius 1 is 1.00 bits per heavy atom. The van der Waals surface area contributed by atoms with E-state index in [1.807, 2.05) is 0 Å². The molecule has 0 unspecified atom stereocenters. The van der Waals surface area contributed by atoms with Crippen molar-refractivity contribution in [1.82, 2.24) is 14.1 Å². The van der Waals surface area contributed by atoms with Gasteiger partial charge in [-0.3, -0.25) is 23.9 Å². The molecule has 0 saturated heterocycles. The van der Waals surface area contributed by atoms with Crippen LogP contribution in [0.4, 0.5) is 5.69 Å². The molecule has 1 aliphatic rings. The van der Waals surface area contributed by atoms with E-state index in [9.17, 15) is 19.2 Å². The van der Waals surface area contributed by atoms with Gasteiger partial charge in [0.05, 0.1) is 35.2 Å². The molecule has 0 spiro atoms. The summed E-state index contributed by atoms with van der Waals surface area (Å²) in [4.78, 5) is 57.3. The first-order valence-electron chi connectivity index (χ1n) is 9.06. The van der Waals surface area contributed by atoms with E-state index in [1.165, 1.54) is 29.8 Å². The largest absolute Gasteiger partial charge is 0.336 e. The molecule has 30 heavy (non-hydrogen) atoms. The minimum atomic E-state index is -0.798. The van der Waals surface area contributed by atoms with Gasteiger partial charge >= 0.3 is 5.69 Å². The van der Waals surface area contributed by atoms with Crippen LogP contribution in [0.3, 0.4) is 0 Å². The highest BCUT2D eigenvalue weighted by atomic mass is 16.2. The summed E-state index contributed by atoms with van der Waals surface area (Å²) >= 11 is 0. The molecule has 1 aliphatic heterocycles. The van der Waals surface area contributed by atoms with Crippen LogP contribution in [0.15, 0.2) is 52.3 Å². The number of fused-ring (bicyclic) bond motifs is 1. The highest BCUT2D eigenvalue weighted by Crippen LogP contribution is 2.28. The monoisotopic (exact) mass is 400 g/mol. The van der Waals surface area contributed by atoms with Gasteiger partial charge in [0.2, 0.25) is 0 Å². The lowest BCUT2D eigenvalue weighted by molar-refractivity contribution is 0.0925. The summed E-state index contributed by atoms with van der Waals surface area (Å²) in [6.45, 7) is 3.11. The minimum Gasteiger partial charge on any atom is -0.284 e. The van der Waals surface area contributed by atoms with E-state index >= 15 is 0 Å². The molecule has 0 saturated carbocycles. The van der Waals surface area contributed by atoms with Crippen LogP contribution in [0.2, 0.25) is 0 Å². The molecule has 0 atom stereocenters. The lowest BCUT2D eigenvalue weighted by Crippen LogP contribution is -2.45. The molecule has 1 aromatic carbocycles. The maximum absolute atomic E-state index is 13.4. The van der Waals surface area contributed by atoms with Crippen molar-refractivity contribution in [3.8, 4) is 18.0 Å². The maximum atomic E-state index is 13.4. The van der Waals surface area contributed by atoms with Gasteiger partial charge in [-0.15, -0.1) is 6.42 Å². The van der Waals surface area contributed by atoms with Crippen molar-refractivity contribution in [2.75, 3.05) is 4.90 Å². The second-order valence-electron chi connectivity index (χ2n) is 6.86. The second-order valence-corrected chi connectivity index (χ2v) is 6.86. The van der Waals surface area contributed by atoms with Crippen LogP contribution >= 0.6 is 0 Å². The zero-order valence-electron chi connectivity index (χ0n) is 16.2. The van der Waals surface area contributed by atoms with E-state index in [0.29, 0.717) is 0 Å². The molecule has 8 nitrogen and oxygen atoms in total. The number of hydrogen-bond acceptors (Lipinski definition) is 5. The first kappa shape index (κ1) is 19.1. The van der Waals surface area contributed by atoms with E-state index < -0.39 is 23.1 Å².